The van der Waals surface area contributed by atoms with Gasteiger partial charge in [-0.05, 0) is 18.8 Å². The molecule has 0 aromatic carbocycles. The minimum absolute atomic E-state index is 0.0234. The summed E-state index contributed by atoms with van der Waals surface area (Å²) in [5.74, 6) is -0.358. The predicted octanol–water partition coefficient (Wildman–Crippen LogP) is 5.56. The first kappa shape index (κ1) is 24.7. The molecule has 0 bridgehead atoms. The molecule has 1 amide bonds. The van der Waals surface area contributed by atoms with Crippen molar-refractivity contribution in [3.63, 3.8) is 0 Å². The molecule has 0 saturated heterocycles. The minimum Gasteiger partial charge on any atom is -0.464 e. The quantitative estimate of drug-likeness (QED) is 0.279. The first-order chi connectivity index (χ1) is 12.5. The van der Waals surface area contributed by atoms with E-state index in [9.17, 15) is 9.59 Å². The molecule has 0 aromatic rings. The lowest BCUT2D eigenvalue weighted by molar-refractivity contribution is -0.150. The first-order valence-corrected chi connectivity index (χ1v) is 10.5. The Morgan fingerprint density at radius 1 is 0.769 bits per heavy atom. The summed E-state index contributed by atoms with van der Waals surface area (Å²) in [6.07, 6.45) is 10.6. The molecule has 0 rings (SSSR count). The van der Waals surface area contributed by atoms with Crippen LogP contribution in [-0.2, 0) is 14.3 Å². The first-order valence-electron chi connectivity index (χ1n) is 10.5. The van der Waals surface area contributed by atoms with Crippen LogP contribution in [0.3, 0.4) is 0 Å². The van der Waals surface area contributed by atoms with Gasteiger partial charge in [-0.2, -0.15) is 0 Å². The third-order valence-electron chi connectivity index (χ3n) is 4.54. The van der Waals surface area contributed by atoms with Crippen molar-refractivity contribution in [2.75, 3.05) is 20.3 Å². The number of unbranched alkanes of at least 4 members (excludes halogenated alkanes) is 8. The molecule has 5 nitrogen and oxygen atoms in total. The lowest BCUT2D eigenvalue weighted by atomic mass is 10.0. The topological polar surface area (TPSA) is 55.8 Å². The molecule has 5 heteroatoms. The highest BCUT2D eigenvalue weighted by Crippen LogP contribution is 2.14. The van der Waals surface area contributed by atoms with Crippen molar-refractivity contribution in [2.45, 2.75) is 97.9 Å². The minimum atomic E-state index is -0.599. The van der Waals surface area contributed by atoms with Gasteiger partial charge in [-0.3, -0.25) is 4.90 Å². The van der Waals surface area contributed by atoms with Crippen LogP contribution in [0, 0.1) is 5.92 Å². The number of esters is 1. The number of ether oxygens (including phenoxy) is 2. The third-order valence-corrected chi connectivity index (χ3v) is 4.54. The molecule has 0 N–H and O–H groups in total. The zero-order valence-electron chi connectivity index (χ0n) is 17.7. The summed E-state index contributed by atoms with van der Waals surface area (Å²) in [5.41, 5.74) is 0. The van der Waals surface area contributed by atoms with Crippen molar-refractivity contribution in [1.29, 1.82) is 0 Å². The predicted molar refractivity (Wildman–Crippen MR) is 106 cm³/mol. The maximum absolute atomic E-state index is 12.4. The van der Waals surface area contributed by atoms with Gasteiger partial charge in [0.05, 0.1) is 13.2 Å². The van der Waals surface area contributed by atoms with Crippen LogP contribution >= 0.6 is 0 Å². The van der Waals surface area contributed by atoms with Crippen LogP contribution < -0.4 is 0 Å². The van der Waals surface area contributed by atoms with Crippen LogP contribution in [0.5, 0.6) is 0 Å². The Labute approximate surface area is 160 Å². The van der Waals surface area contributed by atoms with Crippen molar-refractivity contribution in [1.82, 2.24) is 4.90 Å². The number of nitrogens with zero attached hydrogens (tertiary/aromatic N) is 1. The molecule has 0 heterocycles. The highest BCUT2D eigenvalue weighted by atomic mass is 16.6. The molecular formula is C21H41NO4. The Morgan fingerprint density at radius 3 is 1.77 bits per heavy atom. The van der Waals surface area contributed by atoms with E-state index in [1.54, 1.807) is 7.05 Å². The van der Waals surface area contributed by atoms with Crippen LogP contribution in [0.25, 0.3) is 0 Å². The fourth-order valence-electron chi connectivity index (χ4n) is 2.92. The molecule has 0 aliphatic heterocycles. The Kier molecular flexibility index (Phi) is 15.2. The average molecular weight is 372 g/mol. The van der Waals surface area contributed by atoms with Crippen molar-refractivity contribution in [2.24, 2.45) is 5.92 Å². The highest BCUT2D eigenvalue weighted by Gasteiger charge is 2.32. The van der Waals surface area contributed by atoms with E-state index in [1.165, 1.54) is 30.6 Å². The van der Waals surface area contributed by atoms with Gasteiger partial charge in [-0.25, -0.2) is 9.59 Å². The van der Waals surface area contributed by atoms with E-state index >= 15 is 0 Å². The average Bonchev–Trinajstić information content (AvgIpc) is 2.60. The summed E-state index contributed by atoms with van der Waals surface area (Å²) in [6.45, 7) is 9.00. The molecule has 0 fully saturated rings. The van der Waals surface area contributed by atoms with E-state index in [0.29, 0.717) is 13.2 Å². The molecule has 1 unspecified atom stereocenters. The van der Waals surface area contributed by atoms with Crippen molar-refractivity contribution >= 4 is 12.1 Å². The van der Waals surface area contributed by atoms with E-state index in [4.69, 9.17) is 9.47 Å². The second-order valence-corrected chi connectivity index (χ2v) is 7.41. The van der Waals surface area contributed by atoms with Gasteiger partial charge in [0, 0.05) is 7.05 Å². The summed E-state index contributed by atoms with van der Waals surface area (Å²) in [7, 11) is 1.62. The van der Waals surface area contributed by atoms with Gasteiger partial charge in [0.2, 0.25) is 0 Å². The maximum atomic E-state index is 12.4. The van der Waals surface area contributed by atoms with Crippen molar-refractivity contribution in [3.8, 4) is 0 Å². The molecule has 0 aliphatic rings. The van der Waals surface area contributed by atoms with Gasteiger partial charge in [-0.1, -0.05) is 79.1 Å². The number of rotatable bonds is 15. The van der Waals surface area contributed by atoms with Crippen LogP contribution in [0.4, 0.5) is 4.79 Å². The zero-order chi connectivity index (χ0) is 19.8. The summed E-state index contributed by atoms with van der Waals surface area (Å²) >= 11 is 0. The third kappa shape index (κ3) is 11.4. The Bertz CT molecular complexity index is 371. The fourth-order valence-corrected chi connectivity index (χ4v) is 2.92. The Balaban J connectivity index is 4.21. The van der Waals surface area contributed by atoms with E-state index in [0.717, 1.165) is 38.5 Å². The van der Waals surface area contributed by atoms with Gasteiger partial charge in [0.1, 0.15) is 6.04 Å². The molecule has 0 saturated carbocycles. The number of amides is 1. The second kappa shape index (κ2) is 16.0. The van der Waals surface area contributed by atoms with E-state index in [-0.39, 0.29) is 11.9 Å². The Hall–Kier alpha value is -1.26. The van der Waals surface area contributed by atoms with E-state index in [1.807, 2.05) is 13.8 Å². The molecule has 1 atom stereocenters. The maximum Gasteiger partial charge on any atom is 0.410 e. The summed E-state index contributed by atoms with van der Waals surface area (Å²) in [5, 5.41) is 0. The SMILES string of the molecule is CCCCCCCCOC(=O)C(C(C)C)N(C)C(=O)OCCCCCC. The highest BCUT2D eigenvalue weighted by molar-refractivity contribution is 5.81. The lowest BCUT2D eigenvalue weighted by Crippen LogP contribution is -2.46. The molecule has 0 radical (unpaired) electrons. The van der Waals surface area contributed by atoms with Crippen LogP contribution in [0.1, 0.15) is 91.9 Å². The summed E-state index contributed by atoms with van der Waals surface area (Å²) in [6, 6.07) is -0.599. The van der Waals surface area contributed by atoms with Crippen LogP contribution in [-0.4, -0.2) is 43.3 Å². The molecule has 154 valence electrons. The van der Waals surface area contributed by atoms with Gasteiger partial charge >= 0.3 is 12.1 Å². The van der Waals surface area contributed by atoms with E-state index < -0.39 is 12.1 Å². The van der Waals surface area contributed by atoms with Crippen molar-refractivity contribution in [3.05, 3.63) is 0 Å². The number of likely N-dealkylation sites (N-methyl/N-ethyl adjacent to an activating group) is 1. The smallest absolute Gasteiger partial charge is 0.410 e. The monoisotopic (exact) mass is 371 g/mol. The number of carbonyl (C=O) groups excluding carboxylic acids is 2. The molecule has 0 aliphatic carbocycles. The molecular weight excluding hydrogens is 330 g/mol. The summed E-state index contributed by atoms with van der Waals surface area (Å²) in [4.78, 5) is 26.0. The van der Waals surface area contributed by atoms with Crippen LogP contribution in [0.15, 0.2) is 0 Å². The Morgan fingerprint density at radius 2 is 1.23 bits per heavy atom. The van der Waals surface area contributed by atoms with Gasteiger partial charge in [0.25, 0.3) is 0 Å². The molecule has 0 spiro atoms. The second-order valence-electron chi connectivity index (χ2n) is 7.41. The molecule has 26 heavy (non-hydrogen) atoms. The largest absolute Gasteiger partial charge is 0.464 e. The van der Waals surface area contributed by atoms with Gasteiger partial charge < -0.3 is 9.47 Å². The van der Waals surface area contributed by atoms with Crippen molar-refractivity contribution < 1.29 is 19.1 Å². The van der Waals surface area contributed by atoms with E-state index in [2.05, 4.69) is 13.8 Å². The van der Waals surface area contributed by atoms with Gasteiger partial charge in [0.15, 0.2) is 0 Å². The number of carbonyl (C=O) groups is 2. The summed E-state index contributed by atoms with van der Waals surface area (Å²) < 4.78 is 10.7. The lowest BCUT2D eigenvalue weighted by Gasteiger charge is -2.28. The number of hydrogen-bond acceptors (Lipinski definition) is 4. The normalized spacial score (nSPS) is 12.1. The van der Waals surface area contributed by atoms with Crippen LogP contribution in [0.2, 0.25) is 0 Å². The zero-order valence-corrected chi connectivity index (χ0v) is 17.7. The standard InChI is InChI=1S/C21H41NO4/c1-6-8-10-12-13-15-16-25-20(23)19(18(3)4)22(5)21(24)26-17-14-11-9-7-2/h18-19H,6-17H2,1-5H3. The van der Waals surface area contributed by atoms with Gasteiger partial charge in [-0.15, -0.1) is 0 Å². The number of hydrogen-bond donors (Lipinski definition) is 0. The fraction of sp³-hybridized carbons (Fsp3) is 0.905. The molecule has 0 aromatic heterocycles.